The van der Waals surface area contributed by atoms with Crippen LogP contribution in [0.4, 0.5) is 0 Å². The number of hydrogen-bond donors (Lipinski definition) is 1. The van der Waals surface area contributed by atoms with E-state index in [0.29, 0.717) is 28.1 Å². The van der Waals surface area contributed by atoms with Gasteiger partial charge in [0.1, 0.15) is 6.61 Å². The van der Waals surface area contributed by atoms with Crippen molar-refractivity contribution in [2.45, 2.75) is 33.3 Å². The molecule has 0 radical (unpaired) electrons. The molecule has 0 spiro atoms. The standard InChI is InChI=1S/C27H25NO5S/c1-15-22(17(3)29)24(21-14-34-25-19(21)11-8-12-20(25)26(30)32-4)23(16(2)28-15)27(31)33-13-18-9-6-5-7-10-18/h5-12,14,24,28H,13H2,1-4H3. The number of benzene rings is 2. The molecule has 34 heavy (non-hydrogen) atoms. The molecule has 1 unspecified atom stereocenters. The Kier molecular flexibility index (Phi) is 6.65. The predicted molar refractivity (Wildman–Crippen MR) is 131 cm³/mol. The van der Waals surface area contributed by atoms with Crippen LogP contribution in [-0.2, 0) is 25.7 Å². The molecule has 2 aromatic carbocycles. The Balaban J connectivity index is 1.82. The second-order valence-electron chi connectivity index (χ2n) is 8.12. The molecular weight excluding hydrogens is 450 g/mol. The molecule has 3 aromatic rings. The summed E-state index contributed by atoms with van der Waals surface area (Å²) < 4.78 is 11.4. The van der Waals surface area contributed by atoms with Crippen molar-refractivity contribution in [3.63, 3.8) is 0 Å². The van der Waals surface area contributed by atoms with Crippen LogP contribution in [0.25, 0.3) is 10.1 Å². The number of hydrogen-bond acceptors (Lipinski definition) is 7. The first-order valence-electron chi connectivity index (χ1n) is 10.8. The maximum atomic E-state index is 13.4. The average Bonchev–Trinajstić information content (AvgIpc) is 3.26. The fraction of sp³-hybridized carbons (Fsp3) is 0.222. The first kappa shape index (κ1) is 23.4. The summed E-state index contributed by atoms with van der Waals surface area (Å²) in [5.74, 6) is -1.69. The Hall–Kier alpha value is -3.71. The average molecular weight is 476 g/mol. The minimum absolute atomic E-state index is 0.123. The second kappa shape index (κ2) is 9.65. The van der Waals surface area contributed by atoms with Crippen LogP contribution in [0, 0.1) is 0 Å². The molecule has 0 fully saturated rings. The number of ether oxygens (including phenoxy) is 2. The number of fused-ring (bicyclic) bond motifs is 1. The highest BCUT2D eigenvalue weighted by atomic mass is 32.1. The van der Waals surface area contributed by atoms with Crippen LogP contribution in [0.1, 0.15) is 48.2 Å². The summed E-state index contributed by atoms with van der Waals surface area (Å²) in [6.45, 7) is 5.25. The molecule has 0 amide bonds. The van der Waals surface area contributed by atoms with Gasteiger partial charge in [-0.15, -0.1) is 11.3 Å². The van der Waals surface area contributed by atoms with E-state index in [1.807, 2.05) is 48.7 Å². The van der Waals surface area contributed by atoms with Gasteiger partial charge in [0, 0.05) is 27.6 Å². The summed E-state index contributed by atoms with van der Waals surface area (Å²) >= 11 is 1.39. The van der Waals surface area contributed by atoms with Crippen LogP contribution in [0.15, 0.2) is 76.5 Å². The van der Waals surface area contributed by atoms with Crippen LogP contribution >= 0.6 is 11.3 Å². The maximum absolute atomic E-state index is 13.4. The summed E-state index contributed by atoms with van der Waals surface area (Å²) in [5, 5.41) is 5.89. The molecule has 1 N–H and O–H groups in total. The number of thiophene rings is 1. The Morgan fingerprint density at radius 1 is 0.941 bits per heavy atom. The van der Waals surface area contributed by atoms with Crippen molar-refractivity contribution < 1.29 is 23.9 Å². The lowest BCUT2D eigenvalue weighted by Crippen LogP contribution is -2.31. The molecule has 0 aliphatic carbocycles. The number of Topliss-reactive ketones (excluding diaryl/α,β-unsaturated/α-hetero) is 1. The van der Waals surface area contributed by atoms with E-state index < -0.39 is 17.9 Å². The van der Waals surface area contributed by atoms with Crippen LogP contribution in [0.3, 0.4) is 0 Å². The molecular formula is C27H25NO5S. The quantitative estimate of drug-likeness (QED) is 0.490. The monoisotopic (exact) mass is 475 g/mol. The van der Waals surface area contributed by atoms with Crippen molar-refractivity contribution >= 4 is 39.1 Å². The van der Waals surface area contributed by atoms with E-state index in [0.717, 1.165) is 21.2 Å². The molecule has 1 aliphatic heterocycles. The van der Waals surface area contributed by atoms with Crippen LogP contribution in [-0.4, -0.2) is 24.8 Å². The third-order valence-electron chi connectivity index (χ3n) is 5.92. The smallest absolute Gasteiger partial charge is 0.339 e. The number of dihydropyridines is 1. The van der Waals surface area contributed by atoms with Gasteiger partial charge >= 0.3 is 11.9 Å². The van der Waals surface area contributed by atoms with Gasteiger partial charge in [-0.1, -0.05) is 42.5 Å². The Labute approximate surface area is 201 Å². The Morgan fingerprint density at radius 2 is 1.65 bits per heavy atom. The first-order valence-corrected chi connectivity index (χ1v) is 11.7. The number of carbonyl (C=O) groups is 3. The van der Waals surface area contributed by atoms with Gasteiger partial charge in [-0.25, -0.2) is 9.59 Å². The number of rotatable bonds is 6. The summed E-state index contributed by atoms with van der Waals surface area (Å²) in [5.41, 5.74) is 4.31. The minimum atomic E-state index is -0.622. The normalized spacial score (nSPS) is 15.8. The van der Waals surface area contributed by atoms with Crippen molar-refractivity contribution in [3.05, 3.63) is 93.1 Å². The van der Waals surface area contributed by atoms with E-state index in [4.69, 9.17) is 9.47 Å². The lowest BCUT2D eigenvalue weighted by atomic mass is 9.79. The van der Waals surface area contributed by atoms with E-state index in [1.165, 1.54) is 25.4 Å². The highest BCUT2D eigenvalue weighted by Crippen LogP contribution is 2.44. The van der Waals surface area contributed by atoms with E-state index in [2.05, 4.69) is 5.32 Å². The van der Waals surface area contributed by atoms with Crippen molar-refractivity contribution in [2.24, 2.45) is 0 Å². The van der Waals surface area contributed by atoms with E-state index >= 15 is 0 Å². The van der Waals surface area contributed by atoms with E-state index in [9.17, 15) is 14.4 Å². The Bertz CT molecular complexity index is 1350. The number of ketones is 1. The molecule has 1 aliphatic rings. The third-order valence-corrected chi connectivity index (χ3v) is 6.97. The van der Waals surface area contributed by atoms with Crippen molar-refractivity contribution in [2.75, 3.05) is 7.11 Å². The highest BCUT2D eigenvalue weighted by molar-refractivity contribution is 7.17. The molecule has 6 nitrogen and oxygen atoms in total. The van der Waals surface area contributed by atoms with Gasteiger partial charge in [0.2, 0.25) is 0 Å². The number of nitrogens with one attached hydrogen (secondary N) is 1. The predicted octanol–water partition coefficient (Wildman–Crippen LogP) is 5.26. The molecule has 4 rings (SSSR count). The van der Waals surface area contributed by atoms with Crippen LogP contribution in [0.2, 0.25) is 0 Å². The molecule has 1 aromatic heterocycles. The highest BCUT2D eigenvalue weighted by Gasteiger charge is 2.37. The third kappa shape index (κ3) is 4.26. The van der Waals surface area contributed by atoms with Gasteiger partial charge in [0.15, 0.2) is 5.78 Å². The van der Waals surface area contributed by atoms with Crippen molar-refractivity contribution in [1.29, 1.82) is 0 Å². The van der Waals surface area contributed by atoms with Gasteiger partial charge in [0.05, 0.1) is 18.2 Å². The zero-order valence-corrected chi connectivity index (χ0v) is 20.2. The van der Waals surface area contributed by atoms with Gasteiger partial charge in [-0.3, -0.25) is 4.79 Å². The summed E-state index contributed by atoms with van der Waals surface area (Å²) in [7, 11) is 1.34. The summed E-state index contributed by atoms with van der Waals surface area (Å²) in [4.78, 5) is 38.5. The van der Waals surface area contributed by atoms with Gasteiger partial charge in [-0.2, -0.15) is 0 Å². The zero-order chi connectivity index (χ0) is 24.4. The van der Waals surface area contributed by atoms with Gasteiger partial charge < -0.3 is 14.8 Å². The molecule has 0 saturated heterocycles. The van der Waals surface area contributed by atoms with Crippen molar-refractivity contribution in [3.8, 4) is 0 Å². The fourth-order valence-corrected chi connectivity index (χ4v) is 5.51. The van der Waals surface area contributed by atoms with Gasteiger partial charge in [-0.05, 0) is 48.7 Å². The number of methoxy groups -OCH3 is 1. The molecule has 7 heteroatoms. The lowest BCUT2D eigenvalue weighted by Gasteiger charge is -2.30. The summed E-state index contributed by atoms with van der Waals surface area (Å²) in [6, 6.07) is 14.8. The van der Waals surface area contributed by atoms with E-state index in [1.54, 1.807) is 19.1 Å². The van der Waals surface area contributed by atoms with Crippen LogP contribution < -0.4 is 5.32 Å². The van der Waals surface area contributed by atoms with E-state index in [-0.39, 0.29) is 12.4 Å². The molecule has 1 atom stereocenters. The largest absolute Gasteiger partial charge is 0.465 e. The number of allylic oxidation sites excluding steroid dienone is 3. The minimum Gasteiger partial charge on any atom is -0.465 e. The number of carbonyl (C=O) groups excluding carboxylic acids is 3. The molecule has 2 heterocycles. The second-order valence-corrected chi connectivity index (χ2v) is 9.00. The SMILES string of the molecule is COC(=O)c1cccc2c(C3C(C(C)=O)=C(C)NC(C)=C3C(=O)OCc3ccccc3)csc12. The molecule has 174 valence electrons. The topological polar surface area (TPSA) is 81.7 Å². The number of esters is 2. The maximum Gasteiger partial charge on any atom is 0.339 e. The fourth-order valence-electron chi connectivity index (χ4n) is 4.41. The first-order chi connectivity index (χ1) is 16.3. The lowest BCUT2D eigenvalue weighted by molar-refractivity contribution is -0.140. The zero-order valence-electron chi connectivity index (χ0n) is 19.4. The van der Waals surface area contributed by atoms with Gasteiger partial charge in [0.25, 0.3) is 0 Å². The van der Waals surface area contributed by atoms with Crippen LogP contribution in [0.5, 0.6) is 0 Å². The van der Waals surface area contributed by atoms with Crippen molar-refractivity contribution in [1.82, 2.24) is 5.32 Å². The molecule has 0 bridgehead atoms. The molecule has 0 saturated carbocycles. The summed E-state index contributed by atoms with van der Waals surface area (Å²) in [6.07, 6.45) is 0. The Morgan fingerprint density at radius 3 is 2.32 bits per heavy atom.